The number of carbonyl (C=O) groups is 1. The van der Waals surface area contributed by atoms with Gasteiger partial charge in [0.15, 0.2) is 5.43 Å². The number of likely N-dealkylation sites (N-methyl/N-ethyl adjacent to an activating group) is 1. The first kappa shape index (κ1) is 22.2. The van der Waals surface area contributed by atoms with E-state index in [4.69, 9.17) is 0 Å². The first-order valence-electron chi connectivity index (χ1n) is 10.7. The van der Waals surface area contributed by atoms with Crippen LogP contribution in [-0.2, 0) is 0 Å². The van der Waals surface area contributed by atoms with E-state index in [9.17, 15) is 9.59 Å². The van der Waals surface area contributed by atoms with Gasteiger partial charge in [-0.1, -0.05) is 6.58 Å². The summed E-state index contributed by atoms with van der Waals surface area (Å²) in [6.07, 6.45) is 3.12. The number of H-pyrrole nitrogens is 2. The van der Waals surface area contributed by atoms with Crippen LogP contribution in [0.1, 0.15) is 16.2 Å². The van der Waals surface area contributed by atoms with Crippen LogP contribution in [0.2, 0.25) is 0 Å². The Morgan fingerprint density at radius 3 is 2.61 bits per heavy atom. The van der Waals surface area contributed by atoms with Crippen molar-refractivity contribution in [1.29, 1.82) is 0 Å². The minimum absolute atomic E-state index is 0.0155. The lowest BCUT2D eigenvalue weighted by molar-refractivity contribution is 0.0659. The molecule has 4 rings (SSSR count). The average Bonchev–Trinajstić information content (AvgIpc) is 3.25. The highest BCUT2D eigenvalue weighted by Crippen LogP contribution is 2.21. The topological polar surface area (TPSA) is 109 Å². The Labute approximate surface area is 191 Å². The summed E-state index contributed by atoms with van der Waals surface area (Å²) in [5.41, 5.74) is 3.15. The summed E-state index contributed by atoms with van der Waals surface area (Å²) in [4.78, 5) is 43.6. The molecular weight excluding hydrogens is 418 g/mol. The number of aromatic nitrogens is 2. The van der Waals surface area contributed by atoms with Gasteiger partial charge in [-0.25, -0.2) is 4.99 Å². The van der Waals surface area contributed by atoms with Gasteiger partial charge >= 0.3 is 0 Å². The van der Waals surface area contributed by atoms with Crippen LogP contribution < -0.4 is 10.7 Å². The summed E-state index contributed by atoms with van der Waals surface area (Å²) >= 11 is 0. The minimum atomic E-state index is -0.124. The van der Waals surface area contributed by atoms with E-state index in [0.717, 1.165) is 42.8 Å². The van der Waals surface area contributed by atoms with Crippen LogP contribution in [0.3, 0.4) is 0 Å². The smallest absolute Gasteiger partial charge is 0.270 e. The maximum Gasteiger partial charge on any atom is 0.270 e. The number of hydrogen-bond acceptors (Lipinski definition) is 4. The molecule has 0 unspecified atom stereocenters. The second-order valence-electron chi connectivity index (χ2n) is 7.89. The van der Waals surface area contributed by atoms with Crippen molar-refractivity contribution >= 4 is 34.2 Å². The Hall–Kier alpha value is -3.98. The predicted molar refractivity (Wildman–Crippen MR) is 132 cm³/mol. The van der Waals surface area contributed by atoms with E-state index in [1.165, 1.54) is 12.1 Å². The van der Waals surface area contributed by atoms with Gasteiger partial charge in [-0.15, -0.1) is 0 Å². The molecule has 33 heavy (non-hydrogen) atoms. The highest BCUT2D eigenvalue weighted by molar-refractivity contribution is 6.14. The molecule has 1 aliphatic rings. The fourth-order valence-electron chi connectivity index (χ4n) is 3.69. The molecule has 2 aromatic heterocycles. The van der Waals surface area contributed by atoms with Crippen molar-refractivity contribution in [2.75, 3.05) is 45.6 Å². The molecule has 0 bridgehead atoms. The molecule has 0 saturated carbocycles. The lowest BCUT2D eigenvalue weighted by Crippen LogP contribution is -2.47. The number of aromatic amines is 2. The number of aliphatic imine (C=N–C) groups is 2. The number of pyridine rings is 1. The number of anilines is 1. The minimum Gasteiger partial charge on any atom is -0.360 e. The number of allylic oxidation sites excluding steroid dienone is 1. The number of rotatable bonds is 4. The Bertz CT molecular complexity index is 1290. The molecule has 0 aliphatic carbocycles. The van der Waals surface area contributed by atoms with Crippen LogP contribution in [0.25, 0.3) is 10.9 Å². The number of hydrogen-bond donors (Lipinski definition) is 3. The first-order chi connectivity index (χ1) is 16.0. The fourth-order valence-corrected chi connectivity index (χ4v) is 3.69. The molecule has 0 spiro atoms. The largest absolute Gasteiger partial charge is 0.360 e. The van der Waals surface area contributed by atoms with E-state index >= 15 is 0 Å². The van der Waals surface area contributed by atoms with Gasteiger partial charge in [0.1, 0.15) is 5.69 Å². The van der Waals surface area contributed by atoms with Crippen molar-refractivity contribution in [3.05, 3.63) is 76.9 Å². The molecule has 1 amide bonds. The van der Waals surface area contributed by atoms with Crippen molar-refractivity contribution in [3.63, 3.8) is 0 Å². The highest BCUT2D eigenvalue weighted by Gasteiger charge is 2.21. The van der Waals surface area contributed by atoms with Crippen molar-refractivity contribution in [2.24, 2.45) is 9.98 Å². The fraction of sp³-hybridized carbons (Fsp3) is 0.250. The molecule has 1 aliphatic heterocycles. The molecule has 1 fully saturated rings. The number of nitrogens with zero attached hydrogens (tertiary/aromatic N) is 4. The van der Waals surface area contributed by atoms with E-state index in [1.54, 1.807) is 19.3 Å². The van der Waals surface area contributed by atoms with Crippen molar-refractivity contribution in [3.8, 4) is 0 Å². The van der Waals surface area contributed by atoms with Gasteiger partial charge in [-0.3, -0.25) is 14.6 Å². The Balaban J connectivity index is 1.54. The molecule has 1 aromatic carbocycles. The van der Waals surface area contributed by atoms with Gasteiger partial charge in [-0.2, -0.15) is 0 Å². The zero-order chi connectivity index (χ0) is 23.4. The number of amides is 1. The SMILES string of the molecule is C=C/C(=N\C(=NC)Nc1ccc2[nH]c(C(=O)N3CCN(C)CC3)cc2c1)c1cc(=O)cc[nH]1. The van der Waals surface area contributed by atoms with Crippen molar-refractivity contribution < 1.29 is 4.79 Å². The summed E-state index contributed by atoms with van der Waals surface area (Å²) in [7, 11) is 3.69. The van der Waals surface area contributed by atoms with E-state index in [0.29, 0.717) is 23.1 Å². The zero-order valence-corrected chi connectivity index (χ0v) is 18.8. The number of fused-ring (bicyclic) bond motifs is 1. The van der Waals surface area contributed by atoms with Gasteiger partial charge < -0.3 is 25.1 Å². The van der Waals surface area contributed by atoms with E-state index in [2.05, 4.69) is 43.8 Å². The van der Waals surface area contributed by atoms with Gasteiger partial charge in [0.2, 0.25) is 5.96 Å². The van der Waals surface area contributed by atoms with Crippen LogP contribution in [0, 0.1) is 0 Å². The van der Waals surface area contributed by atoms with E-state index in [-0.39, 0.29) is 11.3 Å². The predicted octanol–water partition coefficient (Wildman–Crippen LogP) is 2.32. The normalized spacial score (nSPS) is 15.6. The summed E-state index contributed by atoms with van der Waals surface area (Å²) in [6.45, 7) is 7.00. The summed E-state index contributed by atoms with van der Waals surface area (Å²) in [5, 5.41) is 4.10. The molecule has 9 heteroatoms. The van der Waals surface area contributed by atoms with Crippen LogP contribution in [-0.4, -0.2) is 77.6 Å². The number of guanidine groups is 1. The quantitative estimate of drug-likeness (QED) is 0.423. The number of carbonyl (C=O) groups excluding carboxylic acids is 1. The third-order valence-electron chi connectivity index (χ3n) is 5.58. The third-order valence-corrected chi connectivity index (χ3v) is 5.58. The second-order valence-corrected chi connectivity index (χ2v) is 7.89. The van der Waals surface area contributed by atoms with Gasteiger partial charge in [-0.05, 0) is 37.4 Å². The monoisotopic (exact) mass is 445 g/mol. The lowest BCUT2D eigenvalue weighted by Gasteiger charge is -2.32. The van der Waals surface area contributed by atoms with Crippen LogP contribution in [0.4, 0.5) is 5.69 Å². The first-order valence-corrected chi connectivity index (χ1v) is 10.7. The molecule has 0 atom stereocenters. The number of nitrogens with one attached hydrogen (secondary N) is 3. The maximum absolute atomic E-state index is 12.9. The van der Waals surface area contributed by atoms with Gasteiger partial charge in [0.25, 0.3) is 5.91 Å². The molecule has 3 heterocycles. The summed E-state index contributed by atoms with van der Waals surface area (Å²) < 4.78 is 0. The van der Waals surface area contributed by atoms with E-state index in [1.807, 2.05) is 29.2 Å². The summed E-state index contributed by atoms with van der Waals surface area (Å²) in [6, 6.07) is 10.5. The molecule has 0 radical (unpaired) electrons. The second kappa shape index (κ2) is 9.66. The van der Waals surface area contributed by atoms with Crippen molar-refractivity contribution in [1.82, 2.24) is 19.8 Å². The average molecular weight is 446 g/mol. The van der Waals surface area contributed by atoms with Crippen LogP contribution in [0.15, 0.2) is 70.0 Å². The standard InChI is InChI=1S/C24H27N7O2/c1-4-19(21-15-18(32)7-8-26-21)29-24(25-2)27-17-5-6-20-16(13-17)14-22(28-20)23(33)31-11-9-30(3)10-12-31/h4-8,13-15,28H,1,9-12H2,2-3H3,(H,25,27)(H,26,32)/b29-19+. The van der Waals surface area contributed by atoms with Crippen molar-refractivity contribution in [2.45, 2.75) is 0 Å². The van der Waals surface area contributed by atoms with E-state index < -0.39 is 0 Å². The third kappa shape index (κ3) is 5.09. The number of piperazine rings is 1. The molecular formula is C24H27N7O2. The molecule has 170 valence electrons. The lowest BCUT2D eigenvalue weighted by atomic mass is 10.2. The Morgan fingerprint density at radius 1 is 1.12 bits per heavy atom. The van der Waals surface area contributed by atoms with Crippen LogP contribution in [0.5, 0.6) is 0 Å². The maximum atomic E-state index is 12.9. The van der Waals surface area contributed by atoms with Gasteiger partial charge in [0.05, 0.1) is 11.4 Å². The number of benzene rings is 1. The van der Waals surface area contributed by atoms with Gasteiger partial charge in [0, 0.05) is 68.1 Å². The summed E-state index contributed by atoms with van der Waals surface area (Å²) in [5.74, 6) is 0.375. The highest BCUT2D eigenvalue weighted by atomic mass is 16.2. The molecule has 3 aromatic rings. The molecule has 3 N–H and O–H groups in total. The van der Waals surface area contributed by atoms with Crippen LogP contribution >= 0.6 is 0 Å². The Morgan fingerprint density at radius 2 is 1.91 bits per heavy atom. The Kier molecular flexibility index (Phi) is 6.50. The molecule has 9 nitrogen and oxygen atoms in total. The molecule has 1 saturated heterocycles. The zero-order valence-electron chi connectivity index (χ0n) is 18.8.